The Balaban J connectivity index is 1.62. The van der Waals surface area contributed by atoms with Gasteiger partial charge < -0.3 is 20.1 Å². The molecule has 2 aromatic carbocycles. The molecular weight excluding hydrogens is 453 g/mol. The van der Waals surface area contributed by atoms with E-state index in [2.05, 4.69) is 0 Å². The molecule has 0 unspecified atom stereocenters. The summed E-state index contributed by atoms with van der Waals surface area (Å²) in [5.41, 5.74) is 3.82. The third kappa shape index (κ3) is 5.86. The van der Waals surface area contributed by atoms with Crippen molar-refractivity contribution in [2.75, 3.05) is 19.7 Å². The molecule has 3 rings (SSSR count). The first kappa shape index (κ1) is 25.1. The zero-order valence-electron chi connectivity index (χ0n) is 18.5. The molecule has 2 N–H and O–H groups in total. The lowest BCUT2D eigenvalue weighted by atomic mass is 9.98. The van der Waals surface area contributed by atoms with E-state index in [0.29, 0.717) is 0 Å². The van der Waals surface area contributed by atoms with Gasteiger partial charge in [-0.3, -0.25) is 9.59 Å². The van der Waals surface area contributed by atoms with Gasteiger partial charge in [-0.15, -0.1) is 0 Å². The molecule has 2 aromatic rings. The highest BCUT2D eigenvalue weighted by atomic mass is 19.4. The van der Waals surface area contributed by atoms with Gasteiger partial charge >= 0.3 is 18.2 Å². The van der Waals surface area contributed by atoms with Crippen molar-refractivity contribution in [2.45, 2.75) is 37.9 Å². The molecule has 0 saturated carbocycles. The van der Waals surface area contributed by atoms with Gasteiger partial charge in [0.2, 0.25) is 5.91 Å². The van der Waals surface area contributed by atoms with Crippen LogP contribution in [0.4, 0.5) is 18.0 Å². The van der Waals surface area contributed by atoms with Gasteiger partial charge in [0, 0.05) is 18.9 Å². The number of ether oxygens (including phenoxy) is 1. The molecular formula is C24H25F3N2O5. The Kier molecular flexibility index (Phi) is 7.80. The number of hydrogen-bond donors (Lipinski definition) is 2. The number of carbonyl (C=O) groups is 3. The first-order chi connectivity index (χ1) is 16.1. The van der Waals surface area contributed by atoms with Crippen molar-refractivity contribution in [3.8, 4) is 11.1 Å². The molecule has 182 valence electrons. The van der Waals surface area contributed by atoms with E-state index in [1.807, 2.05) is 53.8 Å². The Morgan fingerprint density at radius 3 is 2.12 bits per heavy atom. The van der Waals surface area contributed by atoms with Crippen molar-refractivity contribution in [2.24, 2.45) is 0 Å². The number of nitrogens with one attached hydrogen (secondary N) is 1. The van der Waals surface area contributed by atoms with Crippen molar-refractivity contribution in [1.29, 1.82) is 0 Å². The van der Waals surface area contributed by atoms with Crippen LogP contribution < -0.4 is 5.32 Å². The number of carboxylic acid groups (broad SMARTS) is 1. The number of fused-ring (bicyclic) bond motifs is 3. The molecule has 0 aliphatic heterocycles. The average molecular weight is 478 g/mol. The second kappa shape index (κ2) is 10.6. The Morgan fingerprint density at radius 1 is 1.06 bits per heavy atom. The summed E-state index contributed by atoms with van der Waals surface area (Å²) in [4.78, 5) is 36.1. The quantitative estimate of drug-likeness (QED) is 0.564. The number of alkyl halides is 3. The maximum absolute atomic E-state index is 13.5. The molecule has 0 radical (unpaired) electrons. The van der Waals surface area contributed by atoms with Gasteiger partial charge in [-0.2, -0.15) is 13.2 Å². The predicted molar refractivity (Wildman–Crippen MR) is 117 cm³/mol. The Bertz CT molecular complexity index is 1010. The highest BCUT2D eigenvalue weighted by molar-refractivity contribution is 5.81. The Labute approximate surface area is 194 Å². The minimum absolute atomic E-state index is 0.0433. The molecule has 0 fully saturated rings. The number of hydrogen-bond acceptors (Lipinski definition) is 4. The fourth-order valence-electron chi connectivity index (χ4n) is 4.07. The molecule has 0 heterocycles. The smallest absolute Gasteiger partial charge is 0.408 e. The van der Waals surface area contributed by atoms with Gasteiger partial charge in [-0.1, -0.05) is 48.5 Å². The molecule has 7 nitrogen and oxygen atoms in total. The highest BCUT2D eigenvalue weighted by Gasteiger charge is 2.41. The zero-order chi connectivity index (χ0) is 24.9. The SMILES string of the molecule is CCN(CC(=O)O)C(=O)CC[C@H](NC(=O)OCC1c2ccccc2-c2ccccc21)C(F)(F)F. The molecule has 0 spiro atoms. The predicted octanol–water partition coefficient (Wildman–Crippen LogP) is 4.17. The van der Waals surface area contributed by atoms with Crippen LogP contribution in [0.25, 0.3) is 11.1 Å². The van der Waals surface area contributed by atoms with Crippen LogP contribution in [0.2, 0.25) is 0 Å². The first-order valence-corrected chi connectivity index (χ1v) is 10.8. The summed E-state index contributed by atoms with van der Waals surface area (Å²) in [6, 6.07) is 12.8. The third-order valence-electron chi connectivity index (χ3n) is 5.74. The number of rotatable bonds is 9. The van der Waals surface area contributed by atoms with E-state index < -0.39 is 49.6 Å². The van der Waals surface area contributed by atoms with Crippen LogP contribution in [0, 0.1) is 0 Å². The van der Waals surface area contributed by atoms with Gasteiger partial charge in [-0.05, 0) is 35.6 Å². The summed E-state index contributed by atoms with van der Waals surface area (Å²) >= 11 is 0. The van der Waals surface area contributed by atoms with Crippen molar-refractivity contribution in [3.63, 3.8) is 0 Å². The Hall–Kier alpha value is -3.56. The molecule has 10 heteroatoms. The van der Waals surface area contributed by atoms with Gasteiger partial charge in [0.25, 0.3) is 0 Å². The molecule has 2 amide bonds. The van der Waals surface area contributed by atoms with Crippen molar-refractivity contribution < 1.29 is 37.4 Å². The number of alkyl carbamates (subject to hydrolysis) is 1. The number of aliphatic carboxylic acids is 1. The second-order valence-corrected chi connectivity index (χ2v) is 7.90. The second-order valence-electron chi connectivity index (χ2n) is 7.90. The number of benzene rings is 2. The lowest BCUT2D eigenvalue weighted by molar-refractivity contribution is -0.158. The van der Waals surface area contributed by atoms with Crippen LogP contribution in [0.15, 0.2) is 48.5 Å². The van der Waals surface area contributed by atoms with Crippen molar-refractivity contribution in [3.05, 3.63) is 59.7 Å². The van der Waals surface area contributed by atoms with E-state index in [4.69, 9.17) is 9.84 Å². The van der Waals surface area contributed by atoms with E-state index in [1.54, 1.807) is 0 Å². The summed E-state index contributed by atoms with van der Waals surface area (Å²) in [5.74, 6) is -2.31. The van der Waals surface area contributed by atoms with Crippen LogP contribution in [0.5, 0.6) is 0 Å². The number of carbonyl (C=O) groups excluding carboxylic acids is 2. The molecule has 34 heavy (non-hydrogen) atoms. The first-order valence-electron chi connectivity index (χ1n) is 10.8. The fraction of sp³-hybridized carbons (Fsp3) is 0.375. The average Bonchev–Trinajstić information content (AvgIpc) is 3.11. The van der Waals surface area contributed by atoms with Crippen LogP contribution in [0.3, 0.4) is 0 Å². The van der Waals surface area contributed by atoms with Gasteiger partial charge in [-0.25, -0.2) is 4.79 Å². The normalized spacial score (nSPS) is 13.5. The van der Waals surface area contributed by atoms with Crippen LogP contribution in [-0.4, -0.2) is 59.9 Å². The van der Waals surface area contributed by atoms with Crippen LogP contribution in [0.1, 0.15) is 36.8 Å². The monoisotopic (exact) mass is 478 g/mol. The molecule has 0 saturated heterocycles. The summed E-state index contributed by atoms with van der Waals surface area (Å²) in [7, 11) is 0. The maximum atomic E-state index is 13.5. The standard InChI is InChI=1S/C24H25F3N2O5/c1-2-29(13-22(31)32)21(30)12-11-20(24(25,26)27)28-23(33)34-14-19-17-9-5-3-7-15(17)16-8-4-6-10-18(16)19/h3-10,19-20H,2,11-14H2,1H3,(H,28,33)(H,31,32)/t20-/m0/s1. The third-order valence-corrected chi connectivity index (χ3v) is 5.74. The summed E-state index contributed by atoms with van der Waals surface area (Å²) < 4.78 is 45.6. The number of carboxylic acids is 1. The topological polar surface area (TPSA) is 95.9 Å². The van der Waals surface area contributed by atoms with Crippen LogP contribution >= 0.6 is 0 Å². The molecule has 1 aliphatic carbocycles. The molecule has 1 atom stereocenters. The molecule has 0 bridgehead atoms. The zero-order valence-corrected chi connectivity index (χ0v) is 18.5. The number of likely N-dealkylation sites (N-methyl/N-ethyl adjacent to an activating group) is 1. The summed E-state index contributed by atoms with van der Waals surface area (Å²) in [6.45, 7) is 0.816. The van der Waals surface area contributed by atoms with Crippen molar-refractivity contribution in [1.82, 2.24) is 10.2 Å². The molecule has 1 aliphatic rings. The summed E-state index contributed by atoms with van der Waals surface area (Å²) in [6.07, 6.45) is -7.36. The van der Waals surface area contributed by atoms with E-state index in [-0.39, 0.29) is 19.1 Å². The van der Waals surface area contributed by atoms with Gasteiger partial charge in [0.1, 0.15) is 19.2 Å². The minimum Gasteiger partial charge on any atom is -0.480 e. The van der Waals surface area contributed by atoms with E-state index in [9.17, 15) is 27.6 Å². The maximum Gasteiger partial charge on any atom is 0.408 e. The van der Waals surface area contributed by atoms with Gasteiger partial charge in [0.05, 0.1) is 0 Å². The summed E-state index contributed by atoms with van der Waals surface area (Å²) in [5, 5.41) is 10.6. The lowest BCUT2D eigenvalue weighted by Gasteiger charge is -2.24. The van der Waals surface area contributed by atoms with E-state index in [0.717, 1.165) is 27.2 Å². The largest absolute Gasteiger partial charge is 0.480 e. The molecule has 0 aromatic heterocycles. The van der Waals surface area contributed by atoms with Crippen molar-refractivity contribution >= 4 is 18.0 Å². The van der Waals surface area contributed by atoms with E-state index >= 15 is 0 Å². The lowest BCUT2D eigenvalue weighted by Crippen LogP contribution is -2.46. The number of nitrogens with zero attached hydrogens (tertiary/aromatic N) is 1. The Morgan fingerprint density at radius 2 is 1.62 bits per heavy atom. The fourth-order valence-corrected chi connectivity index (χ4v) is 4.07. The number of halogens is 3. The minimum atomic E-state index is -4.81. The van der Waals surface area contributed by atoms with Crippen LogP contribution in [-0.2, 0) is 14.3 Å². The van der Waals surface area contributed by atoms with E-state index in [1.165, 1.54) is 6.92 Å². The van der Waals surface area contributed by atoms with Gasteiger partial charge in [0.15, 0.2) is 0 Å². The highest BCUT2D eigenvalue weighted by Crippen LogP contribution is 2.44. The number of amides is 2.